The number of ketones is 1. The molecular formula is C16H23NO2. The second kappa shape index (κ2) is 8.46. The second-order valence-corrected chi connectivity index (χ2v) is 4.72. The summed E-state index contributed by atoms with van der Waals surface area (Å²) in [4.78, 5) is 23.3. The van der Waals surface area contributed by atoms with Crippen molar-refractivity contribution in [3.8, 4) is 0 Å². The van der Waals surface area contributed by atoms with Gasteiger partial charge in [0.05, 0.1) is 0 Å². The van der Waals surface area contributed by atoms with Crippen molar-refractivity contribution in [2.45, 2.75) is 46.0 Å². The molecule has 1 aromatic carbocycles. The highest BCUT2D eigenvalue weighted by atomic mass is 16.2. The van der Waals surface area contributed by atoms with Gasteiger partial charge in [0.15, 0.2) is 5.78 Å². The van der Waals surface area contributed by atoms with Gasteiger partial charge in [-0.2, -0.15) is 0 Å². The molecule has 0 fully saturated rings. The van der Waals surface area contributed by atoms with E-state index in [1.807, 2.05) is 31.2 Å². The fourth-order valence-corrected chi connectivity index (χ4v) is 1.87. The van der Waals surface area contributed by atoms with Crippen molar-refractivity contribution in [1.82, 2.24) is 5.32 Å². The Morgan fingerprint density at radius 2 is 1.68 bits per heavy atom. The lowest BCUT2D eigenvalue weighted by molar-refractivity contribution is -0.121. The highest BCUT2D eigenvalue weighted by molar-refractivity contribution is 5.97. The molecule has 0 heterocycles. The molecule has 104 valence electrons. The smallest absolute Gasteiger partial charge is 0.220 e. The topological polar surface area (TPSA) is 46.2 Å². The van der Waals surface area contributed by atoms with Crippen LogP contribution in [-0.4, -0.2) is 18.2 Å². The third-order valence-electron chi connectivity index (χ3n) is 2.97. The number of Topliss-reactive ketones (excluding diaryl/α,β-unsaturated/α-hetero) is 1. The largest absolute Gasteiger partial charge is 0.356 e. The Hall–Kier alpha value is -1.64. The molecule has 3 heteroatoms. The molecule has 0 spiro atoms. The number of aryl methyl sites for hydroxylation is 1. The van der Waals surface area contributed by atoms with Gasteiger partial charge in [-0.05, 0) is 18.4 Å². The van der Waals surface area contributed by atoms with Crippen LogP contribution in [0, 0.1) is 0 Å². The number of rotatable bonds is 8. The molecule has 0 radical (unpaired) electrons. The highest BCUT2D eigenvalue weighted by Gasteiger charge is 2.08. The molecule has 1 rings (SSSR count). The summed E-state index contributed by atoms with van der Waals surface area (Å²) in [6, 6.07) is 7.70. The number of benzene rings is 1. The van der Waals surface area contributed by atoms with E-state index in [-0.39, 0.29) is 24.5 Å². The zero-order valence-electron chi connectivity index (χ0n) is 11.9. The van der Waals surface area contributed by atoms with Gasteiger partial charge in [-0.25, -0.2) is 0 Å². The lowest BCUT2D eigenvalue weighted by Gasteiger charge is -2.04. The summed E-state index contributed by atoms with van der Waals surface area (Å²) in [7, 11) is 0. The van der Waals surface area contributed by atoms with Crippen LogP contribution >= 0.6 is 0 Å². The lowest BCUT2D eigenvalue weighted by Crippen LogP contribution is -2.24. The molecule has 1 aromatic rings. The fraction of sp³-hybridized carbons (Fsp3) is 0.500. The van der Waals surface area contributed by atoms with Gasteiger partial charge in [0, 0.05) is 24.9 Å². The monoisotopic (exact) mass is 261 g/mol. The quantitative estimate of drug-likeness (QED) is 0.731. The molecule has 0 saturated heterocycles. The minimum Gasteiger partial charge on any atom is -0.356 e. The zero-order chi connectivity index (χ0) is 14.1. The van der Waals surface area contributed by atoms with Crippen LogP contribution in [0.4, 0.5) is 0 Å². The van der Waals surface area contributed by atoms with Crippen molar-refractivity contribution in [3.05, 3.63) is 35.4 Å². The van der Waals surface area contributed by atoms with Gasteiger partial charge in [-0.15, -0.1) is 0 Å². The normalized spacial score (nSPS) is 10.2. The molecule has 0 aromatic heterocycles. The number of hydrogen-bond donors (Lipinski definition) is 1. The maximum absolute atomic E-state index is 11.9. The molecule has 1 N–H and O–H groups in total. The third kappa shape index (κ3) is 5.69. The van der Waals surface area contributed by atoms with E-state index in [2.05, 4.69) is 12.2 Å². The first-order valence-electron chi connectivity index (χ1n) is 7.06. The van der Waals surface area contributed by atoms with Crippen molar-refractivity contribution in [2.24, 2.45) is 0 Å². The molecule has 1 amide bonds. The van der Waals surface area contributed by atoms with Crippen molar-refractivity contribution in [2.75, 3.05) is 6.54 Å². The van der Waals surface area contributed by atoms with Crippen LogP contribution in [0.3, 0.4) is 0 Å². The summed E-state index contributed by atoms with van der Waals surface area (Å²) in [5.41, 5.74) is 1.95. The van der Waals surface area contributed by atoms with E-state index in [4.69, 9.17) is 0 Å². The van der Waals surface area contributed by atoms with E-state index in [0.29, 0.717) is 12.1 Å². The summed E-state index contributed by atoms with van der Waals surface area (Å²) >= 11 is 0. The van der Waals surface area contributed by atoms with Crippen molar-refractivity contribution in [3.63, 3.8) is 0 Å². The van der Waals surface area contributed by atoms with Gasteiger partial charge in [-0.3, -0.25) is 9.59 Å². The Balaban J connectivity index is 2.42. The summed E-state index contributed by atoms with van der Waals surface area (Å²) in [6.07, 6.45) is 3.61. The molecule has 0 bridgehead atoms. The summed E-state index contributed by atoms with van der Waals surface area (Å²) in [6.45, 7) is 4.82. The molecule has 0 aliphatic rings. The Morgan fingerprint density at radius 1 is 1.00 bits per heavy atom. The predicted molar refractivity (Wildman–Crippen MR) is 77.3 cm³/mol. The minimum atomic E-state index is -0.0437. The first-order valence-corrected chi connectivity index (χ1v) is 7.06. The second-order valence-electron chi connectivity index (χ2n) is 4.72. The molecule has 0 aliphatic heterocycles. The molecule has 19 heavy (non-hydrogen) atoms. The Labute approximate surface area is 115 Å². The van der Waals surface area contributed by atoms with Crippen LogP contribution in [0.5, 0.6) is 0 Å². The molecule has 0 atom stereocenters. The first-order chi connectivity index (χ1) is 9.17. The van der Waals surface area contributed by atoms with Crippen LogP contribution in [0.15, 0.2) is 24.3 Å². The Kier molecular flexibility index (Phi) is 6.86. The van der Waals surface area contributed by atoms with Crippen molar-refractivity contribution in [1.29, 1.82) is 0 Å². The van der Waals surface area contributed by atoms with Crippen LogP contribution in [0.1, 0.15) is 55.5 Å². The van der Waals surface area contributed by atoms with E-state index in [9.17, 15) is 9.59 Å². The Bertz CT molecular complexity index is 409. The van der Waals surface area contributed by atoms with Crippen LogP contribution in [0.2, 0.25) is 0 Å². The minimum absolute atomic E-state index is 0.0368. The van der Waals surface area contributed by atoms with E-state index in [1.165, 1.54) is 5.56 Å². The molecular weight excluding hydrogens is 238 g/mol. The third-order valence-corrected chi connectivity index (χ3v) is 2.97. The van der Waals surface area contributed by atoms with Crippen LogP contribution in [0.25, 0.3) is 0 Å². The van der Waals surface area contributed by atoms with E-state index < -0.39 is 0 Å². The van der Waals surface area contributed by atoms with Gasteiger partial charge in [0.25, 0.3) is 0 Å². The number of carbonyl (C=O) groups is 2. The highest BCUT2D eigenvalue weighted by Crippen LogP contribution is 2.09. The van der Waals surface area contributed by atoms with Crippen LogP contribution in [-0.2, 0) is 11.2 Å². The molecule has 0 aliphatic carbocycles. The lowest BCUT2D eigenvalue weighted by atomic mass is 10.0. The van der Waals surface area contributed by atoms with Crippen LogP contribution < -0.4 is 5.32 Å². The predicted octanol–water partition coefficient (Wildman–Crippen LogP) is 3.13. The van der Waals surface area contributed by atoms with E-state index >= 15 is 0 Å². The average Bonchev–Trinajstić information content (AvgIpc) is 2.43. The Morgan fingerprint density at radius 3 is 2.26 bits per heavy atom. The number of carbonyl (C=O) groups excluding carboxylic acids is 2. The summed E-state index contributed by atoms with van der Waals surface area (Å²) in [5, 5.41) is 2.77. The van der Waals surface area contributed by atoms with Gasteiger partial charge in [-0.1, -0.05) is 44.5 Å². The summed E-state index contributed by atoms with van der Waals surface area (Å²) < 4.78 is 0. The van der Waals surface area contributed by atoms with Gasteiger partial charge >= 0.3 is 0 Å². The number of amides is 1. The maximum Gasteiger partial charge on any atom is 0.220 e. The molecule has 0 unspecified atom stereocenters. The molecule has 3 nitrogen and oxygen atoms in total. The van der Waals surface area contributed by atoms with Gasteiger partial charge in [0.2, 0.25) is 5.91 Å². The SMILES string of the molecule is CCCNC(=O)CCC(=O)c1ccc(CCC)cc1. The molecule has 0 saturated carbocycles. The van der Waals surface area contributed by atoms with Crippen molar-refractivity contribution < 1.29 is 9.59 Å². The average molecular weight is 261 g/mol. The number of hydrogen-bond acceptors (Lipinski definition) is 2. The summed E-state index contributed by atoms with van der Waals surface area (Å²) in [5.74, 6) is -0.00694. The van der Waals surface area contributed by atoms with E-state index in [0.717, 1.165) is 19.3 Å². The first kappa shape index (κ1) is 15.4. The zero-order valence-corrected chi connectivity index (χ0v) is 11.9. The standard InChI is InChI=1S/C16H23NO2/c1-3-5-13-6-8-14(9-7-13)15(18)10-11-16(19)17-12-4-2/h6-9H,3-5,10-12H2,1-2H3,(H,17,19). The maximum atomic E-state index is 11.9. The number of nitrogens with one attached hydrogen (secondary N) is 1. The van der Waals surface area contributed by atoms with Gasteiger partial charge < -0.3 is 5.32 Å². The van der Waals surface area contributed by atoms with Gasteiger partial charge in [0.1, 0.15) is 0 Å². The fourth-order valence-electron chi connectivity index (χ4n) is 1.87. The van der Waals surface area contributed by atoms with Crippen molar-refractivity contribution >= 4 is 11.7 Å². The van der Waals surface area contributed by atoms with E-state index in [1.54, 1.807) is 0 Å².